The van der Waals surface area contributed by atoms with Crippen LogP contribution in [-0.2, 0) is 0 Å². The van der Waals surface area contributed by atoms with E-state index in [1.165, 1.54) is 11.0 Å². The van der Waals surface area contributed by atoms with Crippen LogP contribution in [0.15, 0.2) is 17.8 Å². The summed E-state index contributed by atoms with van der Waals surface area (Å²) in [4.78, 5) is 16.9. The zero-order valence-electron chi connectivity index (χ0n) is 10.4. The molecular weight excluding hydrogens is 250 g/mol. The van der Waals surface area contributed by atoms with E-state index in [1.807, 2.05) is 6.92 Å². The molecule has 0 atom stereocenters. The summed E-state index contributed by atoms with van der Waals surface area (Å²) in [7, 11) is 0. The van der Waals surface area contributed by atoms with Crippen LogP contribution in [0.3, 0.4) is 0 Å². The van der Waals surface area contributed by atoms with Crippen LogP contribution in [-0.4, -0.2) is 42.0 Å². The van der Waals surface area contributed by atoms with Crippen molar-refractivity contribution in [3.8, 4) is 5.95 Å². The molecule has 0 bridgehead atoms. The standard InChI is InChI=1S/C10H15N7S/c1-3-5-18-10-15-8(12-4-2)14-9(16-10)17-7-11-6-13-17/h6-7H,3-5H2,1-2H3,(H,12,14,15,16). The monoisotopic (exact) mass is 265 g/mol. The minimum Gasteiger partial charge on any atom is -0.354 e. The molecule has 0 fully saturated rings. The van der Waals surface area contributed by atoms with Crippen molar-refractivity contribution in [3.63, 3.8) is 0 Å². The van der Waals surface area contributed by atoms with Gasteiger partial charge in [0.1, 0.15) is 12.7 Å². The molecule has 0 saturated carbocycles. The first-order valence-electron chi connectivity index (χ1n) is 5.81. The number of aromatic nitrogens is 6. The molecule has 18 heavy (non-hydrogen) atoms. The lowest BCUT2D eigenvalue weighted by atomic mass is 10.6. The number of nitrogens with one attached hydrogen (secondary N) is 1. The van der Waals surface area contributed by atoms with Crippen molar-refractivity contribution >= 4 is 17.7 Å². The highest BCUT2D eigenvalue weighted by Crippen LogP contribution is 2.16. The number of thioether (sulfide) groups is 1. The highest BCUT2D eigenvalue weighted by atomic mass is 32.2. The fourth-order valence-electron chi connectivity index (χ4n) is 1.25. The summed E-state index contributed by atoms with van der Waals surface area (Å²) in [6.07, 6.45) is 4.10. The van der Waals surface area contributed by atoms with Crippen LogP contribution in [0.5, 0.6) is 0 Å². The molecule has 0 saturated heterocycles. The molecule has 0 aliphatic carbocycles. The van der Waals surface area contributed by atoms with Gasteiger partial charge in [-0.05, 0) is 13.3 Å². The Bertz CT molecular complexity index is 485. The van der Waals surface area contributed by atoms with Crippen LogP contribution < -0.4 is 5.32 Å². The first-order valence-corrected chi connectivity index (χ1v) is 6.79. The fourth-order valence-corrected chi connectivity index (χ4v) is 1.94. The smallest absolute Gasteiger partial charge is 0.257 e. The summed E-state index contributed by atoms with van der Waals surface area (Å²) >= 11 is 1.61. The zero-order chi connectivity index (χ0) is 12.8. The molecule has 1 N–H and O–H groups in total. The third kappa shape index (κ3) is 3.16. The van der Waals surface area contributed by atoms with E-state index in [0.717, 1.165) is 18.7 Å². The molecule has 2 aromatic heterocycles. The molecule has 0 amide bonds. The van der Waals surface area contributed by atoms with Gasteiger partial charge in [-0.1, -0.05) is 18.7 Å². The quantitative estimate of drug-likeness (QED) is 0.790. The van der Waals surface area contributed by atoms with Gasteiger partial charge >= 0.3 is 0 Å². The number of hydrogen-bond donors (Lipinski definition) is 1. The highest BCUT2D eigenvalue weighted by Gasteiger charge is 2.08. The van der Waals surface area contributed by atoms with E-state index < -0.39 is 0 Å². The average molecular weight is 265 g/mol. The summed E-state index contributed by atoms with van der Waals surface area (Å²) < 4.78 is 1.53. The van der Waals surface area contributed by atoms with E-state index in [-0.39, 0.29) is 0 Å². The number of nitrogens with zero attached hydrogens (tertiary/aromatic N) is 6. The van der Waals surface area contributed by atoms with Gasteiger partial charge in [-0.15, -0.1) is 0 Å². The Kier molecular flexibility index (Phi) is 4.46. The summed E-state index contributed by atoms with van der Waals surface area (Å²) in [5.41, 5.74) is 0. The van der Waals surface area contributed by atoms with Gasteiger partial charge in [-0.2, -0.15) is 24.7 Å². The second-order valence-electron chi connectivity index (χ2n) is 3.46. The van der Waals surface area contributed by atoms with Crippen molar-refractivity contribution in [2.75, 3.05) is 17.6 Å². The molecule has 0 spiro atoms. The SMILES string of the molecule is CCCSc1nc(NCC)nc(-n2cncn2)n1. The predicted molar refractivity (Wildman–Crippen MR) is 69.9 cm³/mol. The van der Waals surface area contributed by atoms with Gasteiger partial charge in [0.2, 0.25) is 5.95 Å². The fraction of sp³-hybridized carbons (Fsp3) is 0.500. The van der Waals surface area contributed by atoms with E-state index in [4.69, 9.17) is 0 Å². The van der Waals surface area contributed by atoms with Crippen LogP contribution in [0.2, 0.25) is 0 Å². The van der Waals surface area contributed by atoms with Crippen molar-refractivity contribution < 1.29 is 0 Å². The Balaban J connectivity index is 2.30. The van der Waals surface area contributed by atoms with Gasteiger partial charge in [0.15, 0.2) is 5.16 Å². The molecule has 2 heterocycles. The maximum atomic E-state index is 4.36. The Labute approximate surface area is 109 Å². The van der Waals surface area contributed by atoms with Gasteiger partial charge in [0.25, 0.3) is 5.95 Å². The Morgan fingerprint density at radius 1 is 1.28 bits per heavy atom. The largest absolute Gasteiger partial charge is 0.354 e. The van der Waals surface area contributed by atoms with Crippen molar-refractivity contribution in [2.45, 2.75) is 25.4 Å². The van der Waals surface area contributed by atoms with Crippen LogP contribution in [0.4, 0.5) is 5.95 Å². The third-order valence-electron chi connectivity index (χ3n) is 2.00. The van der Waals surface area contributed by atoms with E-state index in [1.54, 1.807) is 18.1 Å². The van der Waals surface area contributed by atoms with Crippen molar-refractivity contribution in [3.05, 3.63) is 12.7 Å². The van der Waals surface area contributed by atoms with Gasteiger partial charge in [-0.25, -0.2) is 4.98 Å². The first kappa shape index (κ1) is 12.7. The molecule has 0 aliphatic rings. The molecule has 96 valence electrons. The normalized spacial score (nSPS) is 10.6. The van der Waals surface area contributed by atoms with E-state index in [2.05, 4.69) is 37.3 Å². The van der Waals surface area contributed by atoms with Crippen LogP contribution in [0.1, 0.15) is 20.3 Å². The van der Waals surface area contributed by atoms with Crippen LogP contribution >= 0.6 is 11.8 Å². The topological polar surface area (TPSA) is 81.4 Å². The number of hydrogen-bond acceptors (Lipinski definition) is 7. The average Bonchev–Trinajstić information content (AvgIpc) is 2.90. The summed E-state index contributed by atoms with van der Waals surface area (Å²) in [6, 6.07) is 0. The number of anilines is 1. The molecular formula is C10H15N7S. The number of rotatable bonds is 6. The first-order chi connectivity index (χ1) is 8.83. The van der Waals surface area contributed by atoms with E-state index in [9.17, 15) is 0 Å². The lowest BCUT2D eigenvalue weighted by Gasteiger charge is -2.06. The summed E-state index contributed by atoms with van der Waals surface area (Å²) in [5.74, 6) is 2.03. The van der Waals surface area contributed by atoms with Crippen LogP contribution in [0.25, 0.3) is 5.95 Å². The minimum atomic E-state index is 0.483. The second kappa shape index (κ2) is 6.29. The molecule has 8 heteroatoms. The van der Waals surface area contributed by atoms with E-state index in [0.29, 0.717) is 17.1 Å². The maximum absolute atomic E-state index is 4.36. The third-order valence-corrected chi connectivity index (χ3v) is 3.05. The lowest BCUT2D eigenvalue weighted by molar-refractivity contribution is 0.758. The van der Waals surface area contributed by atoms with Crippen molar-refractivity contribution in [1.82, 2.24) is 29.7 Å². The Morgan fingerprint density at radius 3 is 2.83 bits per heavy atom. The molecule has 0 aliphatic heterocycles. The Morgan fingerprint density at radius 2 is 2.17 bits per heavy atom. The predicted octanol–water partition coefficient (Wildman–Crippen LogP) is 1.39. The van der Waals surface area contributed by atoms with Gasteiger partial charge in [0.05, 0.1) is 0 Å². The summed E-state index contributed by atoms with van der Waals surface area (Å²) in [5, 5.41) is 7.82. The second-order valence-corrected chi connectivity index (χ2v) is 4.52. The summed E-state index contributed by atoms with van der Waals surface area (Å²) in [6.45, 7) is 4.88. The van der Waals surface area contributed by atoms with Crippen molar-refractivity contribution in [2.24, 2.45) is 0 Å². The van der Waals surface area contributed by atoms with E-state index >= 15 is 0 Å². The van der Waals surface area contributed by atoms with Gasteiger partial charge in [-0.3, -0.25) is 0 Å². The lowest BCUT2D eigenvalue weighted by Crippen LogP contribution is -2.09. The minimum absolute atomic E-state index is 0.483. The van der Waals surface area contributed by atoms with Crippen molar-refractivity contribution in [1.29, 1.82) is 0 Å². The molecule has 2 rings (SSSR count). The highest BCUT2D eigenvalue weighted by molar-refractivity contribution is 7.99. The molecule has 2 aromatic rings. The van der Waals surface area contributed by atoms with Crippen LogP contribution in [0, 0.1) is 0 Å². The molecule has 7 nitrogen and oxygen atoms in total. The zero-order valence-corrected chi connectivity index (χ0v) is 11.2. The van der Waals surface area contributed by atoms with Gasteiger partial charge < -0.3 is 5.32 Å². The maximum Gasteiger partial charge on any atom is 0.257 e. The molecule has 0 unspecified atom stereocenters. The van der Waals surface area contributed by atoms with Gasteiger partial charge in [0, 0.05) is 12.3 Å². The molecule has 0 radical (unpaired) electrons. The Hall–Kier alpha value is -1.70. The molecule has 0 aromatic carbocycles.